The zero-order valence-electron chi connectivity index (χ0n) is 11.8. The summed E-state index contributed by atoms with van der Waals surface area (Å²) < 4.78 is 2.09. The summed E-state index contributed by atoms with van der Waals surface area (Å²) >= 11 is 2.99. The number of aromatic nitrogens is 3. The Balaban J connectivity index is 1.83. The van der Waals surface area contributed by atoms with Crippen LogP contribution in [0.15, 0.2) is 47.2 Å². The number of thiazole rings is 1. The Morgan fingerprint density at radius 3 is 2.74 bits per heavy atom. The normalized spacial score (nSPS) is 11.1. The SMILES string of the molecule is O=C(O)c1csc(Cn2c(-c3cccs3)nc3ccccc32)n1. The third kappa shape index (κ3) is 2.54. The molecular formula is C16H11N3O2S2. The van der Waals surface area contributed by atoms with Crippen LogP contribution in [0.1, 0.15) is 15.5 Å². The van der Waals surface area contributed by atoms with Gasteiger partial charge in [0.15, 0.2) is 11.5 Å². The Hall–Kier alpha value is -2.51. The third-order valence-electron chi connectivity index (χ3n) is 3.46. The summed E-state index contributed by atoms with van der Waals surface area (Å²) in [5.41, 5.74) is 2.03. The van der Waals surface area contributed by atoms with Crippen molar-refractivity contribution in [2.45, 2.75) is 6.54 Å². The molecule has 1 N–H and O–H groups in total. The third-order valence-corrected chi connectivity index (χ3v) is 5.16. The number of benzene rings is 1. The lowest BCUT2D eigenvalue weighted by Gasteiger charge is -2.05. The van der Waals surface area contributed by atoms with Gasteiger partial charge in [0.1, 0.15) is 5.01 Å². The number of carboxylic acids is 1. The average molecular weight is 341 g/mol. The van der Waals surface area contributed by atoms with Crippen molar-refractivity contribution in [2.75, 3.05) is 0 Å². The first-order chi connectivity index (χ1) is 11.2. The molecule has 0 amide bonds. The number of hydrogen-bond acceptors (Lipinski definition) is 5. The summed E-state index contributed by atoms with van der Waals surface area (Å²) in [5, 5.41) is 13.4. The second kappa shape index (κ2) is 5.60. The molecule has 0 saturated heterocycles. The Labute approximate surface area is 139 Å². The summed E-state index contributed by atoms with van der Waals surface area (Å²) in [7, 11) is 0. The largest absolute Gasteiger partial charge is 0.476 e. The van der Waals surface area contributed by atoms with Gasteiger partial charge in [-0.3, -0.25) is 0 Å². The number of aromatic carboxylic acids is 1. The van der Waals surface area contributed by atoms with Crippen molar-refractivity contribution in [3.63, 3.8) is 0 Å². The van der Waals surface area contributed by atoms with Crippen LogP contribution in [-0.2, 0) is 6.54 Å². The van der Waals surface area contributed by atoms with Crippen LogP contribution in [0.5, 0.6) is 0 Å². The Morgan fingerprint density at radius 2 is 2.00 bits per heavy atom. The highest BCUT2D eigenvalue weighted by Crippen LogP contribution is 2.29. The number of thiophene rings is 1. The van der Waals surface area contributed by atoms with Gasteiger partial charge in [0, 0.05) is 5.38 Å². The van der Waals surface area contributed by atoms with Gasteiger partial charge in [0.25, 0.3) is 0 Å². The van der Waals surface area contributed by atoms with E-state index in [9.17, 15) is 4.79 Å². The second-order valence-corrected chi connectivity index (χ2v) is 6.81. The quantitative estimate of drug-likeness (QED) is 0.610. The molecule has 0 aliphatic carbocycles. The van der Waals surface area contributed by atoms with Crippen LogP contribution in [-0.4, -0.2) is 25.6 Å². The summed E-state index contributed by atoms with van der Waals surface area (Å²) in [5.74, 6) is -0.116. The molecule has 4 aromatic rings. The smallest absolute Gasteiger partial charge is 0.355 e. The van der Waals surface area contributed by atoms with Crippen molar-refractivity contribution in [1.82, 2.24) is 14.5 Å². The van der Waals surface area contributed by atoms with Crippen LogP contribution in [0.25, 0.3) is 21.7 Å². The van der Waals surface area contributed by atoms with Gasteiger partial charge in [-0.1, -0.05) is 18.2 Å². The molecule has 5 nitrogen and oxygen atoms in total. The fourth-order valence-electron chi connectivity index (χ4n) is 2.45. The fraction of sp³-hybridized carbons (Fsp3) is 0.0625. The van der Waals surface area contributed by atoms with E-state index in [2.05, 4.69) is 9.55 Å². The van der Waals surface area contributed by atoms with E-state index in [0.29, 0.717) is 6.54 Å². The zero-order valence-corrected chi connectivity index (χ0v) is 13.5. The predicted molar refractivity (Wildman–Crippen MR) is 91.2 cm³/mol. The lowest BCUT2D eigenvalue weighted by Crippen LogP contribution is -2.03. The molecule has 0 fully saturated rings. The molecule has 0 spiro atoms. The van der Waals surface area contributed by atoms with E-state index in [1.54, 1.807) is 16.7 Å². The summed E-state index contributed by atoms with van der Waals surface area (Å²) in [6, 6.07) is 12.0. The first-order valence-corrected chi connectivity index (χ1v) is 8.65. The first kappa shape index (κ1) is 14.1. The molecule has 0 bridgehead atoms. The molecule has 0 atom stereocenters. The molecule has 0 aliphatic rings. The molecular weight excluding hydrogens is 330 g/mol. The number of para-hydroxylation sites is 2. The molecule has 4 rings (SSSR count). The maximum atomic E-state index is 11.0. The number of hydrogen-bond donors (Lipinski definition) is 1. The van der Waals surface area contributed by atoms with Gasteiger partial charge in [-0.15, -0.1) is 22.7 Å². The van der Waals surface area contributed by atoms with Crippen LogP contribution < -0.4 is 0 Å². The fourth-order valence-corrected chi connectivity index (χ4v) is 3.92. The zero-order chi connectivity index (χ0) is 15.8. The topological polar surface area (TPSA) is 68.0 Å². The highest BCUT2D eigenvalue weighted by atomic mass is 32.1. The van der Waals surface area contributed by atoms with Gasteiger partial charge in [0.2, 0.25) is 0 Å². The molecule has 0 radical (unpaired) electrons. The highest BCUT2D eigenvalue weighted by molar-refractivity contribution is 7.13. The predicted octanol–water partition coefficient (Wildman–Crippen LogP) is 3.97. The average Bonchev–Trinajstić information content (AvgIpc) is 3.27. The van der Waals surface area contributed by atoms with Gasteiger partial charge in [0.05, 0.1) is 22.5 Å². The standard InChI is InChI=1S/C16H11N3O2S2/c20-16(21)11-9-23-14(17-11)8-19-12-5-2-1-4-10(12)18-15(19)13-6-3-7-22-13/h1-7,9H,8H2,(H,20,21). The number of carbonyl (C=O) groups is 1. The lowest BCUT2D eigenvalue weighted by atomic mass is 10.3. The van der Waals surface area contributed by atoms with Gasteiger partial charge >= 0.3 is 5.97 Å². The number of rotatable bonds is 4. The molecule has 114 valence electrons. The molecule has 23 heavy (non-hydrogen) atoms. The first-order valence-electron chi connectivity index (χ1n) is 6.89. The number of fused-ring (bicyclic) bond motifs is 1. The number of nitrogens with zero attached hydrogens (tertiary/aromatic N) is 3. The van der Waals surface area contributed by atoms with Gasteiger partial charge < -0.3 is 9.67 Å². The molecule has 1 aromatic carbocycles. The maximum Gasteiger partial charge on any atom is 0.355 e. The van der Waals surface area contributed by atoms with E-state index < -0.39 is 5.97 Å². The molecule has 0 aliphatic heterocycles. The minimum Gasteiger partial charge on any atom is -0.476 e. The monoisotopic (exact) mass is 341 g/mol. The van der Waals surface area contributed by atoms with Crippen LogP contribution >= 0.6 is 22.7 Å². The van der Waals surface area contributed by atoms with Crippen molar-refractivity contribution in [3.05, 3.63) is 57.9 Å². The molecule has 3 aromatic heterocycles. The van der Waals surface area contributed by atoms with E-state index in [1.807, 2.05) is 41.8 Å². The highest BCUT2D eigenvalue weighted by Gasteiger charge is 2.16. The Morgan fingerprint density at radius 1 is 1.13 bits per heavy atom. The van der Waals surface area contributed by atoms with Crippen molar-refractivity contribution in [3.8, 4) is 10.7 Å². The van der Waals surface area contributed by atoms with Crippen LogP contribution in [0.4, 0.5) is 0 Å². The van der Waals surface area contributed by atoms with Crippen LogP contribution in [0, 0.1) is 0 Å². The summed E-state index contributed by atoms with van der Waals surface area (Å²) in [6.07, 6.45) is 0. The second-order valence-electron chi connectivity index (χ2n) is 4.92. The minimum atomic E-state index is -0.999. The number of carboxylic acid groups (broad SMARTS) is 1. The van der Waals surface area contributed by atoms with Crippen molar-refractivity contribution in [1.29, 1.82) is 0 Å². The minimum absolute atomic E-state index is 0.0899. The Bertz CT molecular complexity index is 986. The lowest BCUT2D eigenvalue weighted by molar-refractivity contribution is 0.0691. The van der Waals surface area contributed by atoms with Crippen molar-refractivity contribution >= 4 is 39.7 Å². The number of imidazole rings is 1. The van der Waals surface area contributed by atoms with E-state index in [4.69, 9.17) is 10.1 Å². The van der Waals surface area contributed by atoms with Crippen LogP contribution in [0.2, 0.25) is 0 Å². The van der Waals surface area contributed by atoms with Crippen molar-refractivity contribution < 1.29 is 9.90 Å². The van der Waals surface area contributed by atoms with Gasteiger partial charge in [-0.25, -0.2) is 14.8 Å². The van der Waals surface area contributed by atoms with Gasteiger partial charge in [-0.2, -0.15) is 0 Å². The maximum absolute atomic E-state index is 11.0. The summed E-state index contributed by atoms with van der Waals surface area (Å²) in [6.45, 7) is 0.506. The molecule has 0 unspecified atom stereocenters. The molecule has 0 saturated carbocycles. The summed E-state index contributed by atoms with van der Waals surface area (Å²) in [4.78, 5) is 21.0. The van der Waals surface area contributed by atoms with E-state index in [-0.39, 0.29) is 5.69 Å². The van der Waals surface area contributed by atoms with Crippen molar-refractivity contribution in [2.24, 2.45) is 0 Å². The van der Waals surface area contributed by atoms with Gasteiger partial charge in [-0.05, 0) is 23.6 Å². The van der Waals surface area contributed by atoms with E-state index in [1.165, 1.54) is 11.3 Å². The molecule has 3 heterocycles. The molecule has 7 heteroatoms. The van der Waals surface area contributed by atoms with E-state index >= 15 is 0 Å². The Kier molecular flexibility index (Phi) is 3.44. The van der Waals surface area contributed by atoms with Crippen LogP contribution in [0.3, 0.4) is 0 Å². The van der Waals surface area contributed by atoms with E-state index in [0.717, 1.165) is 26.7 Å².